The highest BCUT2D eigenvalue weighted by Gasteiger charge is 2.22. The number of aryl methyl sites for hydroxylation is 2. The van der Waals surface area contributed by atoms with Crippen LogP contribution in [0.4, 0.5) is 5.82 Å². The van der Waals surface area contributed by atoms with E-state index in [0.29, 0.717) is 6.04 Å². The molecule has 0 radical (unpaired) electrons. The van der Waals surface area contributed by atoms with Crippen molar-refractivity contribution in [1.29, 1.82) is 0 Å². The van der Waals surface area contributed by atoms with E-state index in [1.165, 1.54) is 22.3 Å². The van der Waals surface area contributed by atoms with Gasteiger partial charge in [0.1, 0.15) is 12.1 Å². The van der Waals surface area contributed by atoms with E-state index in [4.69, 9.17) is 4.98 Å². The van der Waals surface area contributed by atoms with Crippen LogP contribution in [0.3, 0.4) is 0 Å². The lowest BCUT2D eigenvalue weighted by molar-refractivity contribution is 0.264. The molecule has 7 nitrogen and oxygen atoms in total. The molecule has 7 heteroatoms. The third kappa shape index (κ3) is 3.90. The molecule has 0 spiro atoms. The predicted octanol–water partition coefficient (Wildman–Crippen LogP) is 4.78. The van der Waals surface area contributed by atoms with E-state index in [9.17, 15) is 0 Å². The lowest BCUT2D eigenvalue weighted by Crippen LogP contribution is -2.36. The van der Waals surface area contributed by atoms with Gasteiger partial charge in [-0.25, -0.2) is 9.97 Å². The van der Waals surface area contributed by atoms with Gasteiger partial charge in [0.25, 0.3) is 0 Å². The molecular formula is C28H33N7. The van der Waals surface area contributed by atoms with Crippen molar-refractivity contribution in [3.63, 3.8) is 0 Å². The van der Waals surface area contributed by atoms with Crippen molar-refractivity contribution in [3.05, 3.63) is 71.1 Å². The summed E-state index contributed by atoms with van der Waals surface area (Å²) in [4.78, 5) is 16.4. The van der Waals surface area contributed by atoms with Crippen molar-refractivity contribution in [2.75, 3.05) is 25.5 Å². The highest BCUT2D eigenvalue weighted by molar-refractivity contribution is 5.95. The average molecular weight is 468 g/mol. The van der Waals surface area contributed by atoms with Gasteiger partial charge in [0, 0.05) is 54.9 Å². The van der Waals surface area contributed by atoms with Gasteiger partial charge in [-0.3, -0.25) is 9.67 Å². The van der Waals surface area contributed by atoms with Crippen molar-refractivity contribution in [2.24, 2.45) is 7.05 Å². The van der Waals surface area contributed by atoms with E-state index >= 15 is 0 Å². The highest BCUT2D eigenvalue weighted by atomic mass is 15.3. The van der Waals surface area contributed by atoms with E-state index in [0.717, 1.165) is 71.7 Å². The first kappa shape index (κ1) is 21.9. The molecule has 0 bridgehead atoms. The SMILES string of the molecule is Cc1nn(C)c(C)c1-c1cnc2c(c1)C(c1ccc3ncnc(NC4CCN(C)CC4)c3c1)=CC2.[HH]. The molecule has 3 aromatic heterocycles. The summed E-state index contributed by atoms with van der Waals surface area (Å²) >= 11 is 0. The van der Waals surface area contributed by atoms with Gasteiger partial charge in [-0.2, -0.15) is 5.10 Å². The maximum absolute atomic E-state index is 4.84. The molecule has 6 rings (SSSR count). The number of likely N-dealkylation sites (tertiary alicyclic amines) is 1. The maximum atomic E-state index is 4.84. The lowest BCUT2D eigenvalue weighted by atomic mass is 9.96. The molecule has 1 N–H and O–H groups in total. The Morgan fingerprint density at radius 3 is 2.60 bits per heavy atom. The molecule has 180 valence electrons. The van der Waals surface area contributed by atoms with Gasteiger partial charge in [0.15, 0.2) is 0 Å². The fourth-order valence-corrected chi connectivity index (χ4v) is 5.48. The van der Waals surface area contributed by atoms with Crippen molar-refractivity contribution < 1.29 is 1.43 Å². The van der Waals surface area contributed by atoms with E-state index in [1.54, 1.807) is 6.33 Å². The summed E-state index contributed by atoms with van der Waals surface area (Å²) in [5, 5.41) is 9.38. The summed E-state index contributed by atoms with van der Waals surface area (Å²) < 4.78 is 1.94. The third-order valence-electron chi connectivity index (χ3n) is 7.56. The standard InChI is InChI=1S/C28H31N7.H2/c1-17-27(18(2)35(4)33-17)20-14-23-22(6-8-25(23)29-15-20)19-5-7-26-24(13-19)28(31-16-30-26)32-21-9-11-34(3)12-10-21;/h5-7,13-16,21H,8-12H2,1-4H3,(H,30,31,32);1H. The first-order valence-corrected chi connectivity index (χ1v) is 12.4. The highest BCUT2D eigenvalue weighted by Crippen LogP contribution is 2.37. The van der Waals surface area contributed by atoms with Crippen molar-refractivity contribution in [3.8, 4) is 11.1 Å². The number of pyridine rings is 1. The molecule has 1 aliphatic carbocycles. The van der Waals surface area contributed by atoms with Gasteiger partial charge in [0.2, 0.25) is 0 Å². The Morgan fingerprint density at radius 2 is 1.83 bits per heavy atom. The fourth-order valence-electron chi connectivity index (χ4n) is 5.48. The summed E-state index contributed by atoms with van der Waals surface area (Å²) in [5.41, 5.74) is 10.2. The Bertz CT molecular complexity index is 1460. The molecule has 1 fully saturated rings. The van der Waals surface area contributed by atoms with Crippen LogP contribution in [-0.2, 0) is 13.5 Å². The quantitative estimate of drug-likeness (QED) is 0.466. The Kier molecular flexibility index (Phi) is 5.37. The fraction of sp³-hybridized carbons (Fsp3) is 0.357. The molecule has 35 heavy (non-hydrogen) atoms. The monoisotopic (exact) mass is 467 g/mol. The molecule has 0 unspecified atom stereocenters. The van der Waals surface area contributed by atoms with Crippen LogP contribution < -0.4 is 5.32 Å². The largest absolute Gasteiger partial charge is 0.367 e. The molecular weight excluding hydrogens is 434 g/mol. The van der Waals surface area contributed by atoms with Crippen LogP contribution in [0.1, 0.15) is 42.5 Å². The smallest absolute Gasteiger partial charge is 0.137 e. The Labute approximate surface area is 207 Å². The number of nitrogens with zero attached hydrogens (tertiary/aromatic N) is 6. The predicted molar refractivity (Wildman–Crippen MR) is 142 cm³/mol. The first-order valence-electron chi connectivity index (χ1n) is 12.4. The Morgan fingerprint density at radius 1 is 1.00 bits per heavy atom. The van der Waals surface area contributed by atoms with Gasteiger partial charge in [0.05, 0.1) is 16.9 Å². The number of rotatable bonds is 4. The zero-order chi connectivity index (χ0) is 24.1. The average Bonchev–Trinajstić information content (AvgIpc) is 3.39. The van der Waals surface area contributed by atoms with Crippen LogP contribution in [0.2, 0.25) is 0 Å². The first-order chi connectivity index (χ1) is 17.0. The number of piperidine rings is 1. The van der Waals surface area contributed by atoms with Gasteiger partial charge in [-0.1, -0.05) is 12.1 Å². The van der Waals surface area contributed by atoms with Crippen molar-refractivity contribution >= 4 is 22.3 Å². The van der Waals surface area contributed by atoms with E-state index in [2.05, 4.69) is 76.5 Å². The number of hydrogen-bond acceptors (Lipinski definition) is 6. The molecule has 4 aromatic rings. The number of benzene rings is 1. The second-order valence-electron chi connectivity index (χ2n) is 9.89. The van der Waals surface area contributed by atoms with E-state index in [-0.39, 0.29) is 1.43 Å². The van der Waals surface area contributed by atoms with Crippen LogP contribution >= 0.6 is 0 Å². The number of fused-ring (bicyclic) bond motifs is 2. The Hall–Kier alpha value is -3.58. The molecule has 4 heterocycles. The van der Waals surface area contributed by atoms with Crippen LogP contribution in [0.15, 0.2) is 42.9 Å². The molecule has 1 aliphatic heterocycles. The minimum atomic E-state index is 0. The van der Waals surface area contributed by atoms with Crippen LogP contribution in [0.5, 0.6) is 0 Å². The Balaban J connectivity index is 0.00000267. The van der Waals surface area contributed by atoms with Crippen molar-refractivity contribution in [1.82, 2.24) is 29.6 Å². The third-order valence-corrected chi connectivity index (χ3v) is 7.56. The summed E-state index contributed by atoms with van der Waals surface area (Å²) in [6, 6.07) is 9.24. The minimum absolute atomic E-state index is 0. The number of aromatic nitrogens is 5. The molecule has 0 atom stereocenters. The summed E-state index contributed by atoms with van der Waals surface area (Å²) in [5.74, 6) is 0.929. The number of allylic oxidation sites excluding steroid dienone is 1. The van der Waals surface area contributed by atoms with Gasteiger partial charge >= 0.3 is 0 Å². The zero-order valence-electron chi connectivity index (χ0n) is 20.8. The van der Waals surface area contributed by atoms with Crippen LogP contribution in [-0.4, -0.2) is 55.8 Å². The zero-order valence-corrected chi connectivity index (χ0v) is 20.8. The number of nitrogens with one attached hydrogen (secondary N) is 1. The van der Waals surface area contributed by atoms with Crippen LogP contribution in [0.25, 0.3) is 27.6 Å². The lowest BCUT2D eigenvalue weighted by Gasteiger charge is -2.30. The van der Waals surface area contributed by atoms with E-state index in [1.807, 2.05) is 17.9 Å². The number of anilines is 1. The van der Waals surface area contributed by atoms with Crippen molar-refractivity contribution in [2.45, 2.75) is 39.2 Å². The minimum Gasteiger partial charge on any atom is -0.367 e. The van der Waals surface area contributed by atoms with Crippen LogP contribution in [0, 0.1) is 13.8 Å². The maximum Gasteiger partial charge on any atom is 0.137 e. The molecule has 0 amide bonds. The second-order valence-corrected chi connectivity index (χ2v) is 9.89. The molecule has 0 saturated carbocycles. The second kappa shape index (κ2) is 8.57. The normalized spacial score (nSPS) is 16.5. The van der Waals surface area contributed by atoms with Gasteiger partial charge in [-0.05, 0) is 76.2 Å². The van der Waals surface area contributed by atoms with E-state index < -0.39 is 0 Å². The van der Waals surface area contributed by atoms with Gasteiger partial charge in [-0.15, -0.1) is 0 Å². The number of hydrogen-bond donors (Lipinski definition) is 1. The van der Waals surface area contributed by atoms with Gasteiger partial charge < -0.3 is 10.2 Å². The summed E-state index contributed by atoms with van der Waals surface area (Å²) in [7, 11) is 4.18. The summed E-state index contributed by atoms with van der Waals surface area (Å²) in [6.45, 7) is 6.40. The molecule has 1 saturated heterocycles. The molecule has 1 aromatic carbocycles. The topological polar surface area (TPSA) is 71.8 Å². The molecule has 2 aliphatic rings. The summed E-state index contributed by atoms with van der Waals surface area (Å²) in [6.07, 6.45) is 9.05.